The van der Waals surface area contributed by atoms with Crippen molar-refractivity contribution in [1.29, 1.82) is 0 Å². The van der Waals surface area contributed by atoms with E-state index < -0.39 is 29.3 Å². The first-order valence-corrected chi connectivity index (χ1v) is 5.51. The van der Waals surface area contributed by atoms with Gasteiger partial charge in [0.15, 0.2) is 0 Å². The maximum atomic E-state index is 11.7. The van der Waals surface area contributed by atoms with E-state index >= 15 is 0 Å². The number of carbonyl (C=O) groups excluding carboxylic acids is 1. The van der Waals surface area contributed by atoms with Crippen LogP contribution in [0.1, 0.15) is 27.2 Å². The van der Waals surface area contributed by atoms with E-state index in [-0.39, 0.29) is 12.5 Å². The Balaban J connectivity index is 2.48. The normalized spacial score (nSPS) is 28.2. The second-order valence-electron chi connectivity index (χ2n) is 4.92. The van der Waals surface area contributed by atoms with E-state index in [0.717, 1.165) is 0 Å². The highest BCUT2D eigenvalue weighted by Gasteiger charge is 2.65. The second kappa shape index (κ2) is 4.41. The molecule has 5 nitrogen and oxygen atoms in total. The summed E-state index contributed by atoms with van der Waals surface area (Å²) in [5.41, 5.74) is -0.479. The number of aliphatic carboxylic acids is 1. The van der Waals surface area contributed by atoms with Gasteiger partial charge in [-0.3, -0.25) is 9.59 Å². The average molecular weight is 229 g/mol. The molecule has 1 rings (SSSR count). The Morgan fingerprint density at radius 2 is 1.94 bits per heavy atom. The van der Waals surface area contributed by atoms with Crippen molar-refractivity contribution >= 4 is 11.9 Å². The molecule has 3 atom stereocenters. The lowest BCUT2D eigenvalue weighted by molar-refractivity contribution is -0.140. The number of aliphatic hydroxyl groups is 1. The molecule has 1 saturated carbocycles. The zero-order valence-electron chi connectivity index (χ0n) is 9.86. The molecule has 92 valence electrons. The molecule has 0 saturated heterocycles. The maximum Gasteiger partial charge on any atom is 0.307 e. The van der Waals surface area contributed by atoms with Gasteiger partial charge in [0.2, 0.25) is 5.91 Å². The molecule has 5 heteroatoms. The second-order valence-corrected chi connectivity index (χ2v) is 4.92. The summed E-state index contributed by atoms with van der Waals surface area (Å²) in [6.07, 6.45) is 0.00514. The number of hydrogen-bond donors (Lipinski definition) is 3. The predicted molar refractivity (Wildman–Crippen MR) is 57.7 cm³/mol. The summed E-state index contributed by atoms with van der Waals surface area (Å²) in [4.78, 5) is 22.5. The van der Waals surface area contributed by atoms with Gasteiger partial charge >= 0.3 is 5.97 Å². The van der Waals surface area contributed by atoms with Crippen LogP contribution in [0.2, 0.25) is 0 Å². The number of hydrogen-bond acceptors (Lipinski definition) is 3. The molecule has 1 unspecified atom stereocenters. The highest BCUT2D eigenvalue weighted by atomic mass is 16.4. The van der Waals surface area contributed by atoms with Crippen LogP contribution in [0.3, 0.4) is 0 Å². The van der Waals surface area contributed by atoms with Crippen molar-refractivity contribution < 1.29 is 19.8 Å². The molecule has 0 radical (unpaired) electrons. The van der Waals surface area contributed by atoms with Crippen LogP contribution in [0.15, 0.2) is 0 Å². The SMILES string of the molecule is CCC(O)CNC(=O)[C@@H]1[C@H](C(=O)O)C1(C)C. The predicted octanol–water partition coefficient (Wildman–Crippen LogP) is 0.230. The van der Waals surface area contributed by atoms with Crippen molar-refractivity contribution in [3.05, 3.63) is 0 Å². The zero-order chi connectivity index (χ0) is 12.5. The molecule has 1 aliphatic rings. The van der Waals surface area contributed by atoms with Crippen LogP contribution < -0.4 is 5.32 Å². The van der Waals surface area contributed by atoms with Crippen molar-refractivity contribution in [1.82, 2.24) is 5.32 Å². The molecule has 1 fully saturated rings. The van der Waals surface area contributed by atoms with Crippen LogP contribution in [-0.2, 0) is 9.59 Å². The van der Waals surface area contributed by atoms with E-state index in [1.807, 2.05) is 6.92 Å². The molecule has 0 bridgehead atoms. The molecule has 0 aromatic rings. The zero-order valence-corrected chi connectivity index (χ0v) is 9.86. The third-order valence-electron chi connectivity index (χ3n) is 3.36. The fraction of sp³-hybridized carbons (Fsp3) is 0.818. The Hall–Kier alpha value is -1.10. The van der Waals surface area contributed by atoms with Crippen LogP contribution in [0.4, 0.5) is 0 Å². The molecule has 1 aliphatic carbocycles. The number of carboxylic acid groups (broad SMARTS) is 1. The van der Waals surface area contributed by atoms with Crippen LogP contribution in [0.5, 0.6) is 0 Å². The van der Waals surface area contributed by atoms with E-state index in [1.54, 1.807) is 13.8 Å². The van der Waals surface area contributed by atoms with E-state index in [1.165, 1.54) is 0 Å². The monoisotopic (exact) mass is 229 g/mol. The Bertz CT molecular complexity index is 300. The molecule has 0 spiro atoms. The molecule has 0 aromatic carbocycles. The van der Waals surface area contributed by atoms with Crippen LogP contribution in [0.25, 0.3) is 0 Å². The first-order valence-electron chi connectivity index (χ1n) is 5.51. The summed E-state index contributed by atoms with van der Waals surface area (Å²) >= 11 is 0. The van der Waals surface area contributed by atoms with Gasteiger partial charge in [0.25, 0.3) is 0 Å². The van der Waals surface area contributed by atoms with E-state index in [9.17, 15) is 14.7 Å². The Morgan fingerprint density at radius 3 is 2.31 bits per heavy atom. The fourth-order valence-corrected chi connectivity index (χ4v) is 2.06. The van der Waals surface area contributed by atoms with E-state index in [2.05, 4.69) is 5.32 Å². The fourth-order valence-electron chi connectivity index (χ4n) is 2.06. The quantitative estimate of drug-likeness (QED) is 0.630. The Labute approximate surface area is 94.8 Å². The minimum absolute atomic E-state index is 0.189. The largest absolute Gasteiger partial charge is 0.481 e. The van der Waals surface area contributed by atoms with Gasteiger partial charge in [-0.1, -0.05) is 20.8 Å². The average Bonchev–Trinajstić information content (AvgIpc) is 2.77. The summed E-state index contributed by atoms with van der Waals surface area (Å²) < 4.78 is 0. The first kappa shape index (κ1) is 13.0. The van der Waals surface area contributed by atoms with Gasteiger partial charge in [0.1, 0.15) is 0 Å². The number of rotatable bonds is 5. The Kier molecular flexibility index (Phi) is 3.57. The van der Waals surface area contributed by atoms with Gasteiger partial charge in [0, 0.05) is 6.54 Å². The Morgan fingerprint density at radius 1 is 1.38 bits per heavy atom. The van der Waals surface area contributed by atoms with Crippen molar-refractivity contribution in [2.75, 3.05) is 6.54 Å². The highest BCUT2D eigenvalue weighted by molar-refractivity contribution is 5.91. The van der Waals surface area contributed by atoms with E-state index in [0.29, 0.717) is 6.42 Å². The van der Waals surface area contributed by atoms with Crippen LogP contribution in [0, 0.1) is 17.3 Å². The first-order chi connectivity index (χ1) is 7.32. The molecule has 3 N–H and O–H groups in total. The lowest BCUT2D eigenvalue weighted by Crippen LogP contribution is -2.34. The molecule has 0 heterocycles. The summed E-state index contributed by atoms with van der Waals surface area (Å²) in [7, 11) is 0. The highest BCUT2D eigenvalue weighted by Crippen LogP contribution is 2.58. The van der Waals surface area contributed by atoms with Gasteiger partial charge in [-0.25, -0.2) is 0 Å². The lowest BCUT2D eigenvalue weighted by atomic mass is 10.1. The van der Waals surface area contributed by atoms with E-state index in [4.69, 9.17) is 5.11 Å². The number of nitrogens with one attached hydrogen (secondary N) is 1. The molecular formula is C11H19NO4. The smallest absolute Gasteiger partial charge is 0.307 e. The topological polar surface area (TPSA) is 86.6 Å². The minimum atomic E-state index is -0.929. The van der Waals surface area contributed by atoms with Gasteiger partial charge < -0.3 is 15.5 Å². The summed E-state index contributed by atoms with van der Waals surface area (Å²) in [5.74, 6) is -2.29. The van der Waals surface area contributed by atoms with Gasteiger partial charge in [-0.15, -0.1) is 0 Å². The lowest BCUT2D eigenvalue weighted by Gasteiger charge is -2.09. The maximum absolute atomic E-state index is 11.7. The summed E-state index contributed by atoms with van der Waals surface area (Å²) in [5, 5.41) is 20.8. The third-order valence-corrected chi connectivity index (χ3v) is 3.36. The molecule has 0 aromatic heterocycles. The number of carbonyl (C=O) groups is 2. The third kappa shape index (κ3) is 2.35. The van der Waals surface area contributed by atoms with Crippen LogP contribution in [-0.4, -0.2) is 34.7 Å². The summed E-state index contributed by atoms with van der Waals surface area (Å²) in [6.45, 7) is 5.55. The standard InChI is InChI=1S/C11H19NO4/c1-4-6(13)5-12-9(14)7-8(10(15)16)11(7,2)3/h6-8,13H,4-5H2,1-3H3,(H,12,14)(H,15,16)/t6?,7-,8+/m0/s1. The van der Waals surface area contributed by atoms with Crippen molar-refractivity contribution in [2.45, 2.75) is 33.3 Å². The molecule has 0 aliphatic heterocycles. The molecular weight excluding hydrogens is 210 g/mol. The van der Waals surface area contributed by atoms with Crippen molar-refractivity contribution in [2.24, 2.45) is 17.3 Å². The van der Waals surface area contributed by atoms with Crippen molar-refractivity contribution in [3.8, 4) is 0 Å². The minimum Gasteiger partial charge on any atom is -0.481 e. The van der Waals surface area contributed by atoms with Crippen molar-refractivity contribution in [3.63, 3.8) is 0 Å². The number of aliphatic hydroxyl groups excluding tert-OH is 1. The number of carboxylic acids is 1. The van der Waals surface area contributed by atoms with Gasteiger partial charge in [0.05, 0.1) is 17.9 Å². The van der Waals surface area contributed by atoms with Gasteiger partial charge in [-0.2, -0.15) is 0 Å². The number of amides is 1. The van der Waals surface area contributed by atoms with Gasteiger partial charge in [-0.05, 0) is 11.8 Å². The molecule has 1 amide bonds. The van der Waals surface area contributed by atoms with Crippen LogP contribution >= 0.6 is 0 Å². The summed E-state index contributed by atoms with van der Waals surface area (Å²) in [6, 6.07) is 0. The molecule has 16 heavy (non-hydrogen) atoms.